The topological polar surface area (TPSA) is 3.24 Å². The molecule has 0 heterocycles. The Kier molecular flexibility index (Phi) is 11.4. The molecule has 0 unspecified atom stereocenters. The minimum Gasteiger partial charge on any atom is -0.304 e. The molecule has 1 fully saturated rings. The maximum absolute atomic E-state index is 2.49. The fraction of sp³-hybridized carbons (Fsp3) is 1.00. The van der Waals surface area contributed by atoms with Gasteiger partial charge >= 0.3 is 0 Å². The first-order valence-corrected chi connectivity index (χ1v) is 7.46. The number of unbranched alkanes of at least 4 members (excludes halogenated alkanes) is 3. The van der Waals surface area contributed by atoms with E-state index in [1.54, 1.807) is 0 Å². The molecule has 1 aliphatic rings. The highest BCUT2D eigenvalue weighted by Crippen LogP contribution is 2.20. The first kappa shape index (κ1) is 16.0. The van der Waals surface area contributed by atoms with Gasteiger partial charge in [0, 0.05) is 6.04 Å². The van der Waals surface area contributed by atoms with Crippen molar-refractivity contribution < 1.29 is 0 Å². The zero-order valence-corrected chi connectivity index (χ0v) is 12.1. The summed E-state index contributed by atoms with van der Waals surface area (Å²) < 4.78 is 0. The van der Waals surface area contributed by atoms with Gasteiger partial charge in [0.15, 0.2) is 0 Å². The van der Waals surface area contributed by atoms with Crippen LogP contribution in [0.5, 0.6) is 0 Å². The van der Waals surface area contributed by atoms with Crippen molar-refractivity contribution in [2.75, 3.05) is 13.6 Å². The Bertz CT molecular complexity index is 123. The van der Waals surface area contributed by atoms with Gasteiger partial charge in [-0.25, -0.2) is 0 Å². The maximum Gasteiger partial charge on any atom is 0.00920 e. The lowest BCUT2D eigenvalue weighted by atomic mass is 9.95. The van der Waals surface area contributed by atoms with Crippen LogP contribution in [0.2, 0.25) is 0 Å². The van der Waals surface area contributed by atoms with Crippen LogP contribution in [0.4, 0.5) is 0 Å². The maximum atomic E-state index is 2.49. The zero-order chi connectivity index (χ0) is 12.2. The Labute approximate surface area is 104 Å². The Morgan fingerprint density at radius 2 is 1.38 bits per heavy atom. The summed E-state index contributed by atoms with van der Waals surface area (Å²) in [6, 6.07) is 0.902. The van der Waals surface area contributed by atoms with Crippen LogP contribution in [0.1, 0.15) is 78.6 Å². The van der Waals surface area contributed by atoms with E-state index in [0.29, 0.717) is 0 Å². The van der Waals surface area contributed by atoms with Crippen molar-refractivity contribution in [2.24, 2.45) is 0 Å². The van der Waals surface area contributed by atoms with Gasteiger partial charge in [-0.3, -0.25) is 0 Å². The Balaban J connectivity index is 0.000000325. The van der Waals surface area contributed by atoms with Crippen LogP contribution in [0, 0.1) is 0 Å². The molecule has 98 valence electrons. The van der Waals surface area contributed by atoms with Gasteiger partial charge in [-0.05, 0) is 26.4 Å². The molecule has 1 nitrogen and oxygen atoms in total. The molecule has 0 amide bonds. The summed E-state index contributed by atoms with van der Waals surface area (Å²) in [7, 11) is 2.25. The molecule has 16 heavy (non-hydrogen) atoms. The minimum absolute atomic E-state index is 0.902. The molecule has 1 aliphatic carbocycles. The predicted molar refractivity (Wildman–Crippen MR) is 75.0 cm³/mol. The monoisotopic (exact) mass is 227 g/mol. The van der Waals surface area contributed by atoms with E-state index in [1.807, 2.05) is 0 Å². The van der Waals surface area contributed by atoms with Crippen molar-refractivity contribution >= 4 is 0 Å². The Morgan fingerprint density at radius 3 is 1.75 bits per heavy atom. The molecule has 1 saturated carbocycles. The number of hydrogen-bond donors (Lipinski definition) is 0. The van der Waals surface area contributed by atoms with Crippen molar-refractivity contribution in [1.29, 1.82) is 0 Å². The van der Waals surface area contributed by atoms with Crippen LogP contribution in [0.3, 0.4) is 0 Å². The second-order valence-corrected chi connectivity index (χ2v) is 5.07. The molecule has 0 atom stereocenters. The molecule has 0 saturated heterocycles. The van der Waals surface area contributed by atoms with Crippen LogP contribution in [0.15, 0.2) is 0 Å². The smallest absolute Gasteiger partial charge is 0.00920 e. The Morgan fingerprint density at radius 1 is 0.875 bits per heavy atom. The van der Waals surface area contributed by atoms with E-state index in [1.165, 1.54) is 64.3 Å². The molecule has 0 aromatic rings. The fourth-order valence-corrected chi connectivity index (χ4v) is 2.28. The molecule has 0 aliphatic heterocycles. The summed E-state index contributed by atoms with van der Waals surface area (Å²) in [4.78, 5) is 2.49. The second-order valence-electron chi connectivity index (χ2n) is 5.07. The first-order chi connectivity index (χ1) is 7.76. The van der Waals surface area contributed by atoms with Gasteiger partial charge in [-0.15, -0.1) is 0 Å². The summed E-state index contributed by atoms with van der Waals surface area (Å²) in [5.74, 6) is 0. The van der Waals surface area contributed by atoms with Crippen LogP contribution in [0.25, 0.3) is 0 Å². The van der Waals surface area contributed by atoms with E-state index in [9.17, 15) is 0 Å². The predicted octanol–water partition coefficient (Wildman–Crippen LogP) is 4.86. The van der Waals surface area contributed by atoms with Crippen molar-refractivity contribution in [3.63, 3.8) is 0 Å². The summed E-state index contributed by atoms with van der Waals surface area (Å²) in [5, 5.41) is 0. The number of hydrogen-bond acceptors (Lipinski definition) is 1. The molecule has 0 bridgehead atoms. The van der Waals surface area contributed by atoms with E-state index in [0.717, 1.165) is 6.04 Å². The van der Waals surface area contributed by atoms with Gasteiger partial charge in [0.25, 0.3) is 0 Å². The highest BCUT2D eigenvalue weighted by Gasteiger charge is 2.15. The lowest BCUT2D eigenvalue weighted by Crippen LogP contribution is -2.32. The van der Waals surface area contributed by atoms with E-state index in [-0.39, 0.29) is 0 Å². The molecular formula is C15H33N. The summed E-state index contributed by atoms with van der Waals surface area (Å²) in [5.41, 5.74) is 0. The molecular weight excluding hydrogens is 194 g/mol. The van der Waals surface area contributed by atoms with Gasteiger partial charge in [-0.1, -0.05) is 65.7 Å². The van der Waals surface area contributed by atoms with Gasteiger partial charge in [0.05, 0.1) is 0 Å². The van der Waals surface area contributed by atoms with Crippen LogP contribution >= 0.6 is 0 Å². The second kappa shape index (κ2) is 11.4. The molecule has 0 N–H and O–H groups in total. The van der Waals surface area contributed by atoms with Gasteiger partial charge < -0.3 is 4.90 Å². The molecule has 1 heteroatoms. The SMILES string of the molecule is CCCCCC.CCN(C)C1CCCCC1. The van der Waals surface area contributed by atoms with Crippen molar-refractivity contribution in [2.45, 2.75) is 84.6 Å². The molecule has 0 aromatic carbocycles. The fourth-order valence-electron chi connectivity index (χ4n) is 2.28. The van der Waals surface area contributed by atoms with Gasteiger partial charge in [0.2, 0.25) is 0 Å². The average molecular weight is 227 g/mol. The van der Waals surface area contributed by atoms with Crippen molar-refractivity contribution in [3.8, 4) is 0 Å². The Hall–Kier alpha value is -0.0400. The third kappa shape index (κ3) is 8.15. The quantitative estimate of drug-likeness (QED) is 0.606. The minimum atomic E-state index is 0.902. The lowest BCUT2D eigenvalue weighted by Gasteiger charge is -2.29. The largest absolute Gasteiger partial charge is 0.304 e. The molecule has 0 aromatic heterocycles. The molecule has 0 radical (unpaired) electrons. The zero-order valence-electron chi connectivity index (χ0n) is 12.1. The van der Waals surface area contributed by atoms with E-state index in [2.05, 4.69) is 32.7 Å². The summed E-state index contributed by atoms with van der Waals surface area (Å²) >= 11 is 0. The van der Waals surface area contributed by atoms with Crippen molar-refractivity contribution in [1.82, 2.24) is 4.90 Å². The third-order valence-electron chi connectivity index (χ3n) is 3.65. The lowest BCUT2D eigenvalue weighted by molar-refractivity contribution is 0.200. The number of rotatable bonds is 5. The average Bonchev–Trinajstić information content (AvgIpc) is 2.37. The summed E-state index contributed by atoms with van der Waals surface area (Å²) in [6.07, 6.45) is 12.8. The van der Waals surface area contributed by atoms with E-state index < -0.39 is 0 Å². The van der Waals surface area contributed by atoms with Crippen LogP contribution < -0.4 is 0 Å². The van der Waals surface area contributed by atoms with Crippen molar-refractivity contribution in [3.05, 3.63) is 0 Å². The van der Waals surface area contributed by atoms with Crippen LogP contribution in [-0.4, -0.2) is 24.5 Å². The standard InChI is InChI=1S/C9H19N.C6H14/c1-3-10(2)9-7-5-4-6-8-9;1-3-5-6-4-2/h9H,3-8H2,1-2H3;3-6H2,1-2H3. The first-order valence-electron chi connectivity index (χ1n) is 7.46. The van der Waals surface area contributed by atoms with E-state index in [4.69, 9.17) is 0 Å². The number of nitrogens with zero attached hydrogens (tertiary/aromatic N) is 1. The third-order valence-corrected chi connectivity index (χ3v) is 3.65. The van der Waals surface area contributed by atoms with Gasteiger partial charge in [-0.2, -0.15) is 0 Å². The highest BCUT2D eigenvalue weighted by molar-refractivity contribution is 4.72. The highest BCUT2D eigenvalue weighted by atomic mass is 15.1. The van der Waals surface area contributed by atoms with E-state index >= 15 is 0 Å². The normalized spacial score (nSPS) is 17.1. The van der Waals surface area contributed by atoms with Crippen LogP contribution in [-0.2, 0) is 0 Å². The molecule has 0 spiro atoms. The van der Waals surface area contributed by atoms with Gasteiger partial charge in [0.1, 0.15) is 0 Å². The molecule has 1 rings (SSSR count). The summed E-state index contributed by atoms with van der Waals surface area (Å²) in [6.45, 7) is 7.92.